The van der Waals surface area contributed by atoms with Gasteiger partial charge in [-0.25, -0.2) is 4.79 Å². The third kappa shape index (κ3) is 4.13. The lowest BCUT2D eigenvalue weighted by Crippen LogP contribution is -2.39. The maximum atomic E-state index is 11.3. The third-order valence-electron chi connectivity index (χ3n) is 5.92. The molecule has 0 amide bonds. The molecule has 1 aromatic heterocycles. The van der Waals surface area contributed by atoms with Crippen molar-refractivity contribution in [2.45, 2.75) is 25.4 Å². The number of benzene rings is 2. The molecule has 2 aliphatic heterocycles. The average molecular weight is 391 g/mol. The predicted molar refractivity (Wildman–Crippen MR) is 112 cm³/mol. The Morgan fingerprint density at radius 2 is 1.90 bits per heavy atom. The first-order valence-corrected chi connectivity index (χ1v) is 10.3. The quantitative estimate of drug-likeness (QED) is 0.698. The zero-order chi connectivity index (χ0) is 19.6. The van der Waals surface area contributed by atoms with Gasteiger partial charge < -0.3 is 9.32 Å². The minimum absolute atomic E-state index is 0.0182. The Bertz CT molecular complexity index is 1060. The summed E-state index contributed by atoms with van der Waals surface area (Å²) in [7, 11) is 0. The molecule has 0 saturated carbocycles. The largest absolute Gasteiger partial charge is 0.417 e. The van der Waals surface area contributed by atoms with Gasteiger partial charge in [0, 0.05) is 12.1 Å². The normalized spacial score (nSPS) is 20.7. The number of piperidine rings is 1. The predicted octanol–water partition coefficient (Wildman–Crippen LogP) is 3.32. The lowest BCUT2D eigenvalue weighted by atomic mass is 9.90. The van der Waals surface area contributed by atoms with Crippen molar-refractivity contribution >= 4 is 16.8 Å². The van der Waals surface area contributed by atoms with Gasteiger partial charge in [0.15, 0.2) is 5.58 Å². The van der Waals surface area contributed by atoms with Crippen molar-refractivity contribution in [3.8, 4) is 0 Å². The molecule has 3 aromatic rings. The highest BCUT2D eigenvalue weighted by atomic mass is 16.7. The Balaban J connectivity index is 1.17. The Hall–Kier alpha value is -2.83. The number of hydrogen-bond acceptors (Lipinski definition) is 5. The smallest absolute Gasteiger partial charge is 0.408 e. The van der Waals surface area contributed by atoms with E-state index in [1.807, 2.05) is 18.2 Å². The van der Waals surface area contributed by atoms with E-state index in [9.17, 15) is 4.79 Å². The van der Waals surface area contributed by atoms with Crippen molar-refractivity contribution in [3.63, 3.8) is 0 Å². The number of H-pyrrole nitrogens is 1. The lowest BCUT2D eigenvalue weighted by molar-refractivity contribution is 0.0213. The van der Waals surface area contributed by atoms with Gasteiger partial charge >= 0.3 is 5.76 Å². The van der Waals surface area contributed by atoms with E-state index in [0.29, 0.717) is 11.1 Å². The summed E-state index contributed by atoms with van der Waals surface area (Å²) < 4.78 is 5.15. The average Bonchev–Trinajstić information content (AvgIpc) is 3.35. The fourth-order valence-electron chi connectivity index (χ4n) is 4.33. The molecule has 0 radical (unpaired) electrons. The zero-order valence-corrected chi connectivity index (χ0v) is 16.3. The van der Waals surface area contributed by atoms with E-state index in [2.05, 4.69) is 51.8 Å². The highest BCUT2D eigenvalue weighted by Gasteiger charge is 2.24. The standard InChI is InChI=1S/C23H25N3O3/c27-23-24-20-7-6-18(13-22(20)28-23)21-14-19(29-25-21)15-26-10-8-17(9-11-26)12-16-4-2-1-3-5-16/h1-7,13-14,17,19,25H,8-12,15H2,(H,24,27). The number of aromatic nitrogens is 1. The molecule has 6 nitrogen and oxygen atoms in total. The summed E-state index contributed by atoms with van der Waals surface area (Å²) in [6.45, 7) is 3.11. The van der Waals surface area contributed by atoms with E-state index >= 15 is 0 Å². The molecular weight excluding hydrogens is 366 g/mol. The van der Waals surface area contributed by atoms with Crippen LogP contribution in [0.4, 0.5) is 0 Å². The van der Waals surface area contributed by atoms with E-state index in [0.717, 1.165) is 36.8 Å². The number of nitrogens with zero attached hydrogens (tertiary/aromatic N) is 1. The molecule has 2 N–H and O–H groups in total. The van der Waals surface area contributed by atoms with Crippen molar-refractivity contribution in [2.75, 3.05) is 19.6 Å². The summed E-state index contributed by atoms with van der Waals surface area (Å²) in [5.74, 6) is 0.334. The van der Waals surface area contributed by atoms with Gasteiger partial charge in [-0.15, -0.1) is 0 Å². The lowest BCUT2D eigenvalue weighted by Gasteiger charge is -2.32. The maximum Gasteiger partial charge on any atom is 0.417 e. The van der Waals surface area contributed by atoms with Crippen LogP contribution < -0.4 is 11.2 Å². The summed E-state index contributed by atoms with van der Waals surface area (Å²) in [6.07, 6.45) is 5.77. The molecule has 5 rings (SSSR count). The minimum Gasteiger partial charge on any atom is -0.408 e. The van der Waals surface area contributed by atoms with E-state index in [1.54, 1.807) is 0 Å². The monoisotopic (exact) mass is 391 g/mol. The molecule has 2 aromatic carbocycles. The molecule has 29 heavy (non-hydrogen) atoms. The second kappa shape index (κ2) is 7.89. The van der Waals surface area contributed by atoms with E-state index in [1.165, 1.54) is 24.8 Å². The molecule has 1 atom stereocenters. The van der Waals surface area contributed by atoms with Crippen molar-refractivity contribution in [1.29, 1.82) is 0 Å². The molecular formula is C23H25N3O3. The summed E-state index contributed by atoms with van der Waals surface area (Å²) in [6, 6.07) is 16.4. The molecule has 0 aliphatic carbocycles. The summed E-state index contributed by atoms with van der Waals surface area (Å²) in [5.41, 5.74) is 7.59. The second-order valence-corrected chi connectivity index (χ2v) is 8.00. The van der Waals surface area contributed by atoms with Gasteiger partial charge in [-0.1, -0.05) is 36.4 Å². The number of nitrogens with one attached hydrogen (secondary N) is 2. The highest BCUT2D eigenvalue weighted by molar-refractivity contribution is 5.78. The molecule has 150 valence electrons. The molecule has 6 heteroatoms. The van der Waals surface area contributed by atoms with Crippen LogP contribution in [0.15, 0.2) is 63.8 Å². The number of hydrogen-bond donors (Lipinski definition) is 2. The molecule has 3 heterocycles. The van der Waals surface area contributed by atoms with Gasteiger partial charge in [0.1, 0.15) is 6.10 Å². The Kier molecular flexibility index (Phi) is 4.96. The van der Waals surface area contributed by atoms with Gasteiger partial charge in [0.25, 0.3) is 0 Å². The van der Waals surface area contributed by atoms with Crippen LogP contribution in [0, 0.1) is 5.92 Å². The van der Waals surface area contributed by atoms with Gasteiger partial charge in [0.05, 0.1) is 11.2 Å². The Morgan fingerprint density at radius 1 is 1.07 bits per heavy atom. The summed E-state index contributed by atoms with van der Waals surface area (Å²) in [4.78, 5) is 22.3. The van der Waals surface area contributed by atoms with Gasteiger partial charge in [0.2, 0.25) is 0 Å². The van der Waals surface area contributed by atoms with E-state index in [4.69, 9.17) is 9.25 Å². The van der Waals surface area contributed by atoms with Gasteiger partial charge in [-0.05, 0) is 62.0 Å². The molecule has 1 fully saturated rings. The fraction of sp³-hybridized carbons (Fsp3) is 0.348. The maximum absolute atomic E-state index is 11.3. The molecule has 0 spiro atoms. The highest BCUT2D eigenvalue weighted by Crippen LogP contribution is 2.25. The summed E-state index contributed by atoms with van der Waals surface area (Å²) >= 11 is 0. The van der Waals surface area contributed by atoms with Gasteiger partial charge in [-0.3, -0.25) is 15.3 Å². The first kappa shape index (κ1) is 18.2. The van der Waals surface area contributed by atoms with Crippen molar-refractivity contribution in [3.05, 3.63) is 76.3 Å². The van der Waals surface area contributed by atoms with Crippen molar-refractivity contribution in [2.24, 2.45) is 5.92 Å². The Labute approximate surface area is 169 Å². The number of likely N-dealkylation sites (tertiary alicyclic amines) is 1. The topological polar surface area (TPSA) is 70.5 Å². The summed E-state index contributed by atoms with van der Waals surface area (Å²) in [5, 5.41) is 0. The van der Waals surface area contributed by atoms with Crippen LogP contribution in [0.5, 0.6) is 0 Å². The molecule has 0 bridgehead atoms. The van der Waals surface area contributed by atoms with Crippen LogP contribution >= 0.6 is 0 Å². The van der Waals surface area contributed by atoms with Crippen LogP contribution in [0.25, 0.3) is 16.8 Å². The van der Waals surface area contributed by atoms with E-state index in [-0.39, 0.29) is 6.10 Å². The molecule has 1 saturated heterocycles. The third-order valence-corrected chi connectivity index (χ3v) is 5.92. The van der Waals surface area contributed by atoms with Crippen LogP contribution in [0.3, 0.4) is 0 Å². The Morgan fingerprint density at radius 3 is 2.72 bits per heavy atom. The number of fused-ring (bicyclic) bond motifs is 1. The first-order chi connectivity index (χ1) is 14.2. The van der Waals surface area contributed by atoms with Crippen molar-refractivity contribution in [1.82, 2.24) is 15.4 Å². The second-order valence-electron chi connectivity index (χ2n) is 8.00. The fourth-order valence-corrected chi connectivity index (χ4v) is 4.33. The number of rotatable bonds is 5. The van der Waals surface area contributed by atoms with Crippen LogP contribution in [0.1, 0.15) is 24.0 Å². The zero-order valence-electron chi connectivity index (χ0n) is 16.3. The first-order valence-electron chi connectivity index (χ1n) is 10.3. The van der Waals surface area contributed by atoms with Crippen LogP contribution in [-0.4, -0.2) is 35.6 Å². The van der Waals surface area contributed by atoms with Crippen LogP contribution in [-0.2, 0) is 11.3 Å². The number of oxazole rings is 1. The number of aromatic amines is 1. The van der Waals surface area contributed by atoms with Crippen LogP contribution in [0.2, 0.25) is 0 Å². The van der Waals surface area contributed by atoms with Crippen molar-refractivity contribution < 1.29 is 9.25 Å². The number of hydroxylamine groups is 1. The SMILES string of the molecule is O=c1[nH]c2ccc(C3=CC(CN4CCC(Cc5ccccc5)CC4)ON3)cc2o1. The minimum atomic E-state index is -0.435. The van der Waals surface area contributed by atoms with E-state index < -0.39 is 5.76 Å². The van der Waals surface area contributed by atoms with Gasteiger partial charge in [-0.2, -0.15) is 0 Å². The molecule has 2 aliphatic rings. The molecule has 1 unspecified atom stereocenters.